The molecule has 5 heteroatoms. The van der Waals surface area contributed by atoms with Crippen LogP contribution >= 0.6 is 11.8 Å². The van der Waals surface area contributed by atoms with Crippen molar-refractivity contribution in [3.8, 4) is 0 Å². The summed E-state index contributed by atoms with van der Waals surface area (Å²) < 4.78 is 12.8. The lowest BCUT2D eigenvalue weighted by Crippen LogP contribution is -2.47. The van der Waals surface area contributed by atoms with Crippen LogP contribution in [0.15, 0.2) is 0 Å². The zero-order valence-electron chi connectivity index (χ0n) is 11.3. The van der Waals surface area contributed by atoms with Gasteiger partial charge in [-0.05, 0) is 38.5 Å². The van der Waals surface area contributed by atoms with Crippen LogP contribution in [-0.2, 0) is 9.47 Å². The summed E-state index contributed by atoms with van der Waals surface area (Å²) in [7, 11) is -0.294. The van der Waals surface area contributed by atoms with E-state index in [1.807, 2.05) is 0 Å². The molecular weight excluding hydrogens is 264 g/mol. The summed E-state index contributed by atoms with van der Waals surface area (Å²) in [6, 6.07) is 0. The summed E-state index contributed by atoms with van der Waals surface area (Å²) in [5, 5.41) is 0. The van der Waals surface area contributed by atoms with Gasteiger partial charge in [0, 0.05) is 13.2 Å². The zero-order chi connectivity index (χ0) is 12.2. The van der Waals surface area contributed by atoms with E-state index in [-0.39, 0.29) is 28.2 Å². The summed E-state index contributed by atoms with van der Waals surface area (Å²) in [5.74, 6) is 0. The molecule has 0 bridgehead atoms. The van der Waals surface area contributed by atoms with Crippen molar-refractivity contribution >= 4 is 30.8 Å². The Morgan fingerprint density at radius 2 is 1.29 bits per heavy atom. The van der Waals surface area contributed by atoms with Gasteiger partial charge < -0.3 is 9.47 Å². The Morgan fingerprint density at radius 1 is 0.824 bits per heavy atom. The monoisotopic (exact) mass is 290 g/mol. The largest absolute Gasteiger partial charge is 0.369 e. The molecule has 100 valence electrons. The van der Waals surface area contributed by atoms with E-state index in [2.05, 4.69) is 24.9 Å². The van der Waals surface area contributed by atoms with Crippen molar-refractivity contribution in [1.29, 1.82) is 0 Å². The standard InChI is InChI=1S/C12H26O2SSi2/c1-16-11(7-3-5-9-13-11)15-12(17-2)8-4-6-10-14-12/h3-10,16-17H2,1-2H3. The SMILES string of the molecule is C[SiH2]C1(SC2([SiH2]C)CCCCO2)CCCCO1. The number of rotatable bonds is 4. The Labute approximate surface area is 114 Å². The fourth-order valence-electron chi connectivity index (χ4n) is 2.86. The second kappa shape index (κ2) is 6.23. The lowest BCUT2D eigenvalue weighted by Gasteiger charge is -2.45. The van der Waals surface area contributed by atoms with Crippen LogP contribution < -0.4 is 0 Å². The molecule has 2 nitrogen and oxygen atoms in total. The maximum Gasteiger partial charge on any atom is 0.0967 e. The summed E-state index contributed by atoms with van der Waals surface area (Å²) in [6.07, 6.45) is 7.78. The fraction of sp³-hybridized carbons (Fsp3) is 1.00. The van der Waals surface area contributed by atoms with E-state index in [0.717, 1.165) is 13.2 Å². The predicted octanol–water partition coefficient (Wildman–Crippen LogP) is 1.86. The Bertz CT molecular complexity index is 215. The highest BCUT2D eigenvalue weighted by Crippen LogP contribution is 2.46. The second-order valence-electron chi connectivity index (χ2n) is 5.24. The summed E-state index contributed by atoms with van der Waals surface area (Å²) in [4.78, 5) is 0. The molecule has 2 saturated heterocycles. The van der Waals surface area contributed by atoms with Crippen molar-refractivity contribution in [1.82, 2.24) is 0 Å². The molecule has 0 aromatic heterocycles. The number of hydrogen-bond acceptors (Lipinski definition) is 3. The van der Waals surface area contributed by atoms with Gasteiger partial charge in [-0.15, -0.1) is 11.8 Å². The van der Waals surface area contributed by atoms with Gasteiger partial charge in [0.2, 0.25) is 0 Å². The Kier molecular flexibility index (Phi) is 5.18. The summed E-state index contributed by atoms with van der Waals surface area (Å²) >= 11 is 2.12. The van der Waals surface area contributed by atoms with Crippen LogP contribution in [0.2, 0.25) is 13.1 Å². The average Bonchev–Trinajstić information content (AvgIpc) is 2.41. The summed E-state index contributed by atoms with van der Waals surface area (Å²) in [6.45, 7) is 6.78. The molecule has 2 aliphatic heterocycles. The fourth-order valence-corrected chi connectivity index (χ4v) is 9.56. The first-order chi connectivity index (χ1) is 8.24. The lowest BCUT2D eigenvalue weighted by atomic mass is 10.2. The minimum atomic E-state index is -0.147. The van der Waals surface area contributed by atoms with Crippen LogP contribution in [0.25, 0.3) is 0 Å². The lowest BCUT2D eigenvalue weighted by molar-refractivity contribution is 0.0198. The summed E-state index contributed by atoms with van der Waals surface area (Å²) in [5.41, 5.74) is 0. The first-order valence-electron chi connectivity index (χ1n) is 7.22. The van der Waals surface area contributed by atoms with E-state index in [1.165, 1.54) is 38.5 Å². The highest BCUT2D eigenvalue weighted by molar-refractivity contribution is 8.04. The topological polar surface area (TPSA) is 18.5 Å². The highest BCUT2D eigenvalue weighted by Gasteiger charge is 2.43. The number of ether oxygens (including phenoxy) is 2. The first-order valence-corrected chi connectivity index (χ1v) is 12.3. The predicted molar refractivity (Wildman–Crippen MR) is 81.5 cm³/mol. The van der Waals surface area contributed by atoms with Gasteiger partial charge in [0.25, 0.3) is 0 Å². The zero-order valence-corrected chi connectivity index (χ0v) is 14.9. The molecule has 0 aromatic rings. The van der Waals surface area contributed by atoms with Gasteiger partial charge in [-0.25, -0.2) is 0 Å². The van der Waals surface area contributed by atoms with E-state index in [4.69, 9.17) is 9.47 Å². The van der Waals surface area contributed by atoms with Crippen molar-refractivity contribution in [3.63, 3.8) is 0 Å². The molecule has 2 atom stereocenters. The normalized spacial score (nSPS) is 40.6. The molecule has 0 N–H and O–H groups in total. The van der Waals surface area contributed by atoms with E-state index in [9.17, 15) is 0 Å². The maximum atomic E-state index is 6.21. The van der Waals surface area contributed by atoms with Crippen LogP contribution in [0.5, 0.6) is 0 Å². The molecule has 17 heavy (non-hydrogen) atoms. The maximum absolute atomic E-state index is 6.21. The second-order valence-corrected chi connectivity index (χ2v) is 11.7. The highest BCUT2D eigenvalue weighted by atomic mass is 32.2. The van der Waals surface area contributed by atoms with E-state index >= 15 is 0 Å². The molecule has 0 radical (unpaired) electrons. The van der Waals surface area contributed by atoms with E-state index in [0.29, 0.717) is 0 Å². The van der Waals surface area contributed by atoms with Gasteiger partial charge in [-0.3, -0.25) is 0 Å². The van der Waals surface area contributed by atoms with Gasteiger partial charge in [0.05, 0.1) is 28.2 Å². The Hall–Kier alpha value is 0.704. The van der Waals surface area contributed by atoms with Crippen molar-refractivity contribution in [2.45, 2.75) is 60.7 Å². The first kappa shape index (κ1) is 14.1. The molecular formula is C12H26O2SSi2. The molecule has 0 saturated carbocycles. The third-order valence-electron chi connectivity index (χ3n) is 4.08. The van der Waals surface area contributed by atoms with Crippen LogP contribution in [0.3, 0.4) is 0 Å². The molecule has 0 aliphatic carbocycles. The van der Waals surface area contributed by atoms with Gasteiger partial charge in [0.15, 0.2) is 0 Å². The molecule has 2 rings (SSSR count). The molecule has 2 heterocycles. The van der Waals surface area contributed by atoms with Gasteiger partial charge >= 0.3 is 0 Å². The van der Waals surface area contributed by atoms with Crippen molar-refractivity contribution < 1.29 is 9.47 Å². The van der Waals surface area contributed by atoms with Crippen LogP contribution in [0.1, 0.15) is 38.5 Å². The molecule has 2 unspecified atom stereocenters. The van der Waals surface area contributed by atoms with Crippen LogP contribution in [0, 0.1) is 0 Å². The molecule has 0 aromatic carbocycles. The number of hydrogen-bond donors (Lipinski definition) is 0. The molecule has 2 fully saturated rings. The van der Waals surface area contributed by atoms with Crippen molar-refractivity contribution in [2.75, 3.05) is 13.2 Å². The quantitative estimate of drug-likeness (QED) is 0.737. The van der Waals surface area contributed by atoms with Gasteiger partial charge in [-0.1, -0.05) is 13.1 Å². The van der Waals surface area contributed by atoms with Crippen molar-refractivity contribution in [3.05, 3.63) is 0 Å². The molecule has 0 spiro atoms. The smallest absolute Gasteiger partial charge is 0.0967 e. The Balaban J connectivity index is 2.04. The van der Waals surface area contributed by atoms with Crippen LogP contribution in [0.4, 0.5) is 0 Å². The third kappa shape index (κ3) is 3.38. The van der Waals surface area contributed by atoms with E-state index < -0.39 is 0 Å². The molecule has 0 amide bonds. The van der Waals surface area contributed by atoms with Crippen molar-refractivity contribution in [2.24, 2.45) is 0 Å². The number of thioether (sulfide) groups is 1. The minimum Gasteiger partial charge on any atom is -0.369 e. The molecule has 2 aliphatic rings. The van der Waals surface area contributed by atoms with Crippen LogP contribution in [-0.4, -0.2) is 41.4 Å². The minimum absolute atomic E-state index is 0.147. The average molecular weight is 291 g/mol. The van der Waals surface area contributed by atoms with Gasteiger partial charge in [0.1, 0.15) is 0 Å². The van der Waals surface area contributed by atoms with E-state index in [1.54, 1.807) is 0 Å². The Morgan fingerprint density at radius 3 is 1.59 bits per heavy atom. The van der Waals surface area contributed by atoms with Gasteiger partial charge in [-0.2, -0.15) is 0 Å². The third-order valence-corrected chi connectivity index (χ3v) is 11.3.